The Bertz CT molecular complexity index is 499. The first-order valence-electron chi connectivity index (χ1n) is 7.80. The third-order valence-corrected chi connectivity index (χ3v) is 4.73. The fourth-order valence-corrected chi connectivity index (χ4v) is 2.89. The normalized spacial score (nSPS) is 13.9. The highest BCUT2D eigenvalue weighted by Crippen LogP contribution is 2.16. The molecule has 1 amide bonds. The molecule has 0 spiro atoms. The minimum absolute atomic E-state index is 0.0914. The van der Waals surface area contributed by atoms with Gasteiger partial charge in [0.1, 0.15) is 0 Å². The lowest BCUT2D eigenvalue weighted by molar-refractivity contribution is -0.123. The van der Waals surface area contributed by atoms with E-state index < -0.39 is 5.97 Å². The molecule has 1 heterocycles. The van der Waals surface area contributed by atoms with Gasteiger partial charge in [-0.25, -0.2) is 9.78 Å². The van der Waals surface area contributed by atoms with Crippen LogP contribution < -0.4 is 5.32 Å². The molecule has 0 aliphatic carbocycles. The summed E-state index contributed by atoms with van der Waals surface area (Å²) >= 11 is 1.36. The van der Waals surface area contributed by atoms with E-state index in [1.807, 2.05) is 0 Å². The summed E-state index contributed by atoms with van der Waals surface area (Å²) in [4.78, 5) is 26.9. The van der Waals surface area contributed by atoms with Gasteiger partial charge >= 0.3 is 5.97 Å². The number of nitrogens with one attached hydrogen (secondary N) is 1. The van der Waals surface area contributed by atoms with Gasteiger partial charge in [-0.2, -0.15) is 0 Å². The van der Waals surface area contributed by atoms with Crippen molar-refractivity contribution in [1.29, 1.82) is 0 Å². The van der Waals surface area contributed by atoms with Gasteiger partial charge in [0.2, 0.25) is 5.91 Å². The molecular weight excluding hydrogens is 300 g/mol. The van der Waals surface area contributed by atoms with Gasteiger partial charge in [0.05, 0.1) is 5.01 Å². The number of rotatable bonds is 9. The summed E-state index contributed by atoms with van der Waals surface area (Å²) in [7, 11) is 0. The topological polar surface area (TPSA) is 79.3 Å². The Morgan fingerprint density at radius 3 is 2.55 bits per heavy atom. The molecule has 0 aromatic carbocycles. The third kappa shape index (κ3) is 6.13. The van der Waals surface area contributed by atoms with Gasteiger partial charge in [0.15, 0.2) is 5.69 Å². The second-order valence-electron chi connectivity index (χ2n) is 6.11. The molecule has 22 heavy (non-hydrogen) atoms. The van der Waals surface area contributed by atoms with E-state index in [-0.39, 0.29) is 17.6 Å². The van der Waals surface area contributed by atoms with Gasteiger partial charge in [-0.1, -0.05) is 34.1 Å². The van der Waals surface area contributed by atoms with Crippen LogP contribution in [0.15, 0.2) is 5.38 Å². The number of carboxylic acids is 1. The number of carbonyl (C=O) groups excluding carboxylic acids is 1. The molecule has 0 radical (unpaired) electrons. The number of amides is 1. The maximum absolute atomic E-state index is 12.0. The molecule has 0 saturated heterocycles. The molecule has 0 aliphatic rings. The summed E-state index contributed by atoms with van der Waals surface area (Å²) in [5.74, 6) is -0.173. The molecule has 0 bridgehead atoms. The number of nitrogens with zero attached hydrogens (tertiary/aromatic N) is 1. The SMILES string of the molecule is CC[C@H](C)CC(=O)NC(CCc1nc(C(=O)O)cs1)C(C)C. The zero-order valence-corrected chi connectivity index (χ0v) is 14.6. The Labute approximate surface area is 136 Å². The number of carbonyl (C=O) groups is 2. The number of hydrogen-bond donors (Lipinski definition) is 2. The van der Waals surface area contributed by atoms with Crippen molar-refractivity contribution in [2.45, 2.75) is 59.4 Å². The fourth-order valence-electron chi connectivity index (χ4n) is 2.10. The van der Waals surface area contributed by atoms with Gasteiger partial charge in [-0.3, -0.25) is 4.79 Å². The van der Waals surface area contributed by atoms with E-state index in [2.05, 4.69) is 38.0 Å². The maximum Gasteiger partial charge on any atom is 0.355 e. The molecule has 1 rings (SSSR count). The Balaban J connectivity index is 2.53. The van der Waals surface area contributed by atoms with Crippen LogP contribution in [-0.4, -0.2) is 28.0 Å². The fraction of sp³-hybridized carbons (Fsp3) is 0.688. The molecule has 6 heteroatoms. The van der Waals surface area contributed by atoms with Crippen molar-refractivity contribution in [2.24, 2.45) is 11.8 Å². The van der Waals surface area contributed by atoms with E-state index in [1.165, 1.54) is 11.3 Å². The maximum atomic E-state index is 12.0. The van der Waals surface area contributed by atoms with Crippen LogP contribution >= 0.6 is 11.3 Å². The lowest BCUT2D eigenvalue weighted by atomic mass is 9.98. The lowest BCUT2D eigenvalue weighted by Gasteiger charge is -2.23. The predicted molar refractivity (Wildman–Crippen MR) is 88.2 cm³/mol. The summed E-state index contributed by atoms with van der Waals surface area (Å²) in [6, 6.07) is 0.0914. The minimum Gasteiger partial charge on any atom is -0.476 e. The second kappa shape index (κ2) is 8.88. The Morgan fingerprint density at radius 2 is 2.05 bits per heavy atom. The van der Waals surface area contributed by atoms with Crippen LogP contribution in [-0.2, 0) is 11.2 Å². The minimum atomic E-state index is -0.996. The molecule has 0 fully saturated rings. The molecule has 5 nitrogen and oxygen atoms in total. The highest BCUT2D eigenvalue weighted by molar-refractivity contribution is 7.09. The van der Waals surface area contributed by atoms with Gasteiger partial charge < -0.3 is 10.4 Å². The highest BCUT2D eigenvalue weighted by atomic mass is 32.1. The van der Waals surface area contributed by atoms with Gasteiger partial charge in [-0.05, 0) is 18.3 Å². The largest absolute Gasteiger partial charge is 0.476 e. The molecule has 2 N–H and O–H groups in total. The Hall–Kier alpha value is -1.43. The number of carboxylic acid groups (broad SMARTS) is 1. The van der Waals surface area contributed by atoms with Crippen LogP contribution in [0.4, 0.5) is 0 Å². The third-order valence-electron chi connectivity index (χ3n) is 3.82. The molecule has 1 unspecified atom stereocenters. The van der Waals surface area contributed by atoms with Crippen molar-refractivity contribution in [3.05, 3.63) is 16.1 Å². The van der Waals surface area contributed by atoms with Crippen LogP contribution in [0.3, 0.4) is 0 Å². The highest BCUT2D eigenvalue weighted by Gasteiger charge is 2.18. The molecule has 1 aromatic heterocycles. The van der Waals surface area contributed by atoms with E-state index in [1.54, 1.807) is 5.38 Å². The van der Waals surface area contributed by atoms with Crippen LogP contribution in [0, 0.1) is 11.8 Å². The molecule has 1 aromatic rings. The van der Waals surface area contributed by atoms with E-state index >= 15 is 0 Å². The standard InChI is InChI=1S/C16H26N2O3S/c1-5-11(4)8-14(19)17-12(10(2)3)6-7-15-18-13(9-22-15)16(20)21/h9-12H,5-8H2,1-4H3,(H,17,19)(H,20,21)/t11-,12?/m0/s1. The number of thiazole rings is 1. The van der Waals surface area contributed by atoms with E-state index in [0.717, 1.165) is 17.8 Å². The summed E-state index contributed by atoms with van der Waals surface area (Å²) in [5, 5.41) is 14.3. The second-order valence-corrected chi connectivity index (χ2v) is 7.05. The monoisotopic (exact) mass is 326 g/mol. The van der Waals surface area contributed by atoms with Crippen LogP contribution in [0.1, 0.15) is 62.5 Å². The summed E-state index contributed by atoms with van der Waals surface area (Å²) in [6.07, 6.45) is 3.01. The number of hydrogen-bond acceptors (Lipinski definition) is 4. The molecule has 124 valence electrons. The smallest absolute Gasteiger partial charge is 0.355 e. The van der Waals surface area contributed by atoms with Crippen molar-refractivity contribution in [1.82, 2.24) is 10.3 Å². The first kappa shape index (κ1) is 18.6. The first-order chi connectivity index (χ1) is 10.3. The zero-order chi connectivity index (χ0) is 16.7. The summed E-state index contributed by atoms with van der Waals surface area (Å²) in [6.45, 7) is 8.32. The molecule has 0 aliphatic heterocycles. The average molecular weight is 326 g/mol. The molecule has 2 atom stereocenters. The van der Waals surface area contributed by atoms with Gasteiger partial charge in [0.25, 0.3) is 0 Å². The lowest BCUT2D eigenvalue weighted by Crippen LogP contribution is -2.39. The predicted octanol–water partition coefficient (Wildman–Crippen LogP) is 3.35. The van der Waals surface area contributed by atoms with Crippen molar-refractivity contribution in [3.8, 4) is 0 Å². The van der Waals surface area contributed by atoms with E-state index in [0.29, 0.717) is 24.7 Å². The number of aromatic carboxylic acids is 1. The quantitative estimate of drug-likeness (QED) is 0.729. The summed E-state index contributed by atoms with van der Waals surface area (Å²) < 4.78 is 0. The van der Waals surface area contributed by atoms with E-state index in [4.69, 9.17) is 5.11 Å². The van der Waals surface area contributed by atoms with Crippen molar-refractivity contribution >= 4 is 23.2 Å². The molecular formula is C16H26N2O3S. The van der Waals surface area contributed by atoms with Crippen LogP contribution in [0.25, 0.3) is 0 Å². The van der Waals surface area contributed by atoms with E-state index in [9.17, 15) is 9.59 Å². The number of aryl methyl sites for hydroxylation is 1. The van der Waals surface area contributed by atoms with Crippen LogP contribution in [0.2, 0.25) is 0 Å². The van der Waals surface area contributed by atoms with Gasteiger partial charge in [0, 0.05) is 24.3 Å². The Morgan fingerprint density at radius 1 is 1.36 bits per heavy atom. The Kier molecular flexibility index (Phi) is 7.51. The molecule has 0 saturated carbocycles. The van der Waals surface area contributed by atoms with Crippen molar-refractivity contribution < 1.29 is 14.7 Å². The average Bonchev–Trinajstić information content (AvgIpc) is 2.91. The number of aromatic nitrogens is 1. The van der Waals surface area contributed by atoms with Crippen molar-refractivity contribution in [3.63, 3.8) is 0 Å². The van der Waals surface area contributed by atoms with Crippen molar-refractivity contribution in [2.75, 3.05) is 0 Å². The van der Waals surface area contributed by atoms with Gasteiger partial charge in [-0.15, -0.1) is 11.3 Å². The van der Waals surface area contributed by atoms with Crippen LogP contribution in [0.5, 0.6) is 0 Å². The first-order valence-corrected chi connectivity index (χ1v) is 8.68. The zero-order valence-electron chi connectivity index (χ0n) is 13.8. The summed E-state index contributed by atoms with van der Waals surface area (Å²) in [5.41, 5.74) is 0.0990.